The third-order valence-electron chi connectivity index (χ3n) is 4.90. The van der Waals surface area contributed by atoms with Gasteiger partial charge in [0.2, 0.25) is 5.91 Å². The van der Waals surface area contributed by atoms with Crippen LogP contribution in [0.5, 0.6) is 0 Å². The van der Waals surface area contributed by atoms with E-state index in [1.54, 1.807) is 6.92 Å². The van der Waals surface area contributed by atoms with Crippen molar-refractivity contribution in [3.8, 4) is 0 Å². The Hall–Kier alpha value is -1.40. The molecule has 1 saturated carbocycles. The highest BCUT2D eigenvalue weighted by Gasteiger charge is 2.66. The fourth-order valence-corrected chi connectivity index (χ4v) is 3.78. The number of hydrogen-bond donors (Lipinski definition) is 2. The number of carboxylic acid groups (broad SMARTS) is 1. The summed E-state index contributed by atoms with van der Waals surface area (Å²) in [6.07, 6.45) is 0.135. The second-order valence-electron chi connectivity index (χ2n) is 6.35. The van der Waals surface area contributed by atoms with Gasteiger partial charge < -0.3 is 15.2 Å². The lowest BCUT2D eigenvalue weighted by Crippen LogP contribution is -2.76. The predicted molar refractivity (Wildman–Crippen MR) is 85.1 cm³/mol. The van der Waals surface area contributed by atoms with Crippen LogP contribution >= 0.6 is 11.3 Å². The number of carbonyl (C=O) groups is 2. The molecule has 1 heterocycles. The standard InChI is InChI=1S/C16H23NO4S/c1-5-21-12-8-16(14(19)20,15(12,3)4)17-13(18)10(2)11-6-7-22-9-11/h6-7,9-10,12H,5,8H2,1-4H3,(H,17,18)(H,19,20). The molecular weight excluding hydrogens is 302 g/mol. The van der Waals surface area contributed by atoms with Gasteiger partial charge in [0.25, 0.3) is 0 Å². The van der Waals surface area contributed by atoms with Crippen molar-refractivity contribution in [2.45, 2.75) is 51.7 Å². The van der Waals surface area contributed by atoms with E-state index in [1.165, 1.54) is 11.3 Å². The molecule has 0 aliphatic heterocycles. The van der Waals surface area contributed by atoms with Crippen LogP contribution in [0.2, 0.25) is 0 Å². The molecule has 0 bridgehead atoms. The largest absolute Gasteiger partial charge is 0.479 e. The molecule has 1 amide bonds. The minimum Gasteiger partial charge on any atom is -0.479 e. The molecule has 2 rings (SSSR count). The predicted octanol–water partition coefficient (Wildman–Crippen LogP) is 2.63. The Morgan fingerprint density at radius 1 is 1.55 bits per heavy atom. The zero-order valence-electron chi connectivity index (χ0n) is 13.4. The number of aliphatic carboxylic acids is 1. The van der Waals surface area contributed by atoms with Crippen LogP contribution in [0, 0.1) is 5.41 Å². The fourth-order valence-electron chi connectivity index (χ4n) is 3.03. The van der Waals surface area contributed by atoms with Crippen LogP contribution < -0.4 is 5.32 Å². The lowest BCUT2D eigenvalue weighted by atomic mass is 9.54. The first kappa shape index (κ1) is 17.0. The summed E-state index contributed by atoms with van der Waals surface area (Å²) in [4.78, 5) is 24.3. The summed E-state index contributed by atoms with van der Waals surface area (Å²) in [5.41, 5.74) is -1.02. The Bertz CT molecular complexity index is 555. The number of carbonyl (C=O) groups excluding carboxylic acids is 1. The zero-order valence-corrected chi connectivity index (χ0v) is 14.2. The van der Waals surface area contributed by atoms with Gasteiger partial charge in [-0.2, -0.15) is 11.3 Å². The maximum atomic E-state index is 12.5. The highest BCUT2D eigenvalue weighted by atomic mass is 32.1. The minimum atomic E-state index is -1.27. The number of ether oxygens (including phenoxy) is 1. The topological polar surface area (TPSA) is 75.6 Å². The van der Waals surface area contributed by atoms with E-state index in [1.807, 2.05) is 37.6 Å². The maximum Gasteiger partial charge on any atom is 0.330 e. The summed E-state index contributed by atoms with van der Waals surface area (Å²) in [5.74, 6) is -1.63. The smallest absolute Gasteiger partial charge is 0.330 e. The lowest BCUT2D eigenvalue weighted by molar-refractivity contribution is -0.194. The Kier molecular flexibility index (Phi) is 4.63. The lowest BCUT2D eigenvalue weighted by Gasteiger charge is -2.58. The molecule has 122 valence electrons. The minimum absolute atomic E-state index is 0.162. The van der Waals surface area contributed by atoms with Crippen LogP contribution in [0.4, 0.5) is 0 Å². The Labute approximate surface area is 134 Å². The van der Waals surface area contributed by atoms with Gasteiger partial charge in [-0.1, -0.05) is 13.8 Å². The van der Waals surface area contributed by atoms with Gasteiger partial charge in [-0.15, -0.1) is 0 Å². The molecule has 3 atom stereocenters. The molecule has 2 N–H and O–H groups in total. The van der Waals surface area contributed by atoms with Crippen molar-refractivity contribution in [1.29, 1.82) is 0 Å². The van der Waals surface area contributed by atoms with Crippen LogP contribution in [-0.2, 0) is 14.3 Å². The van der Waals surface area contributed by atoms with E-state index in [4.69, 9.17) is 4.74 Å². The molecule has 0 spiro atoms. The van der Waals surface area contributed by atoms with Gasteiger partial charge in [-0.05, 0) is 36.2 Å². The van der Waals surface area contributed by atoms with E-state index in [-0.39, 0.29) is 17.9 Å². The highest BCUT2D eigenvalue weighted by Crippen LogP contribution is 2.51. The number of carboxylic acids is 1. The Morgan fingerprint density at radius 2 is 2.23 bits per heavy atom. The molecule has 0 radical (unpaired) electrons. The monoisotopic (exact) mass is 325 g/mol. The van der Waals surface area contributed by atoms with Gasteiger partial charge in [-0.3, -0.25) is 4.79 Å². The molecule has 3 unspecified atom stereocenters. The summed E-state index contributed by atoms with van der Waals surface area (Å²) >= 11 is 1.52. The molecule has 0 saturated heterocycles. The molecule has 1 aliphatic carbocycles. The van der Waals surface area contributed by atoms with Crippen molar-refractivity contribution in [3.05, 3.63) is 22.4 Å². The summed E-state index contributed by atoms with van der Waals surface area (Å²) in [5, 5.41) is 16.3. The van der Waals surface area contributed by atoms with E-state index in [0.29, 0.717) is 13.0 Å². The zero-order chi connectivity index (χ0) is 16.5. The molecule has 22 heavy (non-hydrogen) atoms. The van der Waals surface area contributed by atoms with Crippen molar-refractivity contribution >= 4 is 23.2 Å². The highest BCUT2D eigenvalue weighted by molar-refractivity contribution is 7.08. The Balaban J connectivity index is 2.17. The van der Waals surface area contributed by atoms with Gasteiger partial charge in [0.15, 0.2) is 0 Å². The van der Waals surface area contributed by atoms with E-state index < -0.39 is 16.9 Å². The second-order valence-corrected chi connectivity index (χ2v) is 7.13. The van der Waals surface area contributed by atoms with Crippen molar-refractivity contribution < 1.29 is 19.4 Å². The number of rotatable bonds is 6. The first-order chi connectivity index (χ1) is 10.3. The molecule has 0 aromatic carbocycles. The van der Waals surface area contributed by atoms with Crippen molar-refractivity contribution in [1.82, 2.24) is 5.32 Å². The van der Waals surface area contributed by atoms with Gasteiger partial charge in [0.05, 0.1) is 12.0 Å². The number of hydrogen-bond acceptors (Lipinski definition) is 4. The van der Waals surface area contributed by atoms with Crippen LogP contribution in [0.15, 0.2) is 16.8 Å². The van der Waals surface area contributed by atoms with Gasteiger partial charge in [0, 0.05) is 18.4 Å². The summed E-state index contributed by atoms with van der Waals surface area (Å²) < 4.78 is 5.60. The average molecular weight is 325 g/mol. The number of amides is 1. The number of thiophene rings is 1. The van der Waals surface area contributed by atoms with Crippen molar-refractivity contribution in [2.75, 3.05) is 6.61 Å². The maximum absolute atomic E-state index is 12.5. The molecule has 1 aromatic heterocycles. The summed E-state index contributed by atoms with van der Waals surface area (Å²) in [6.45, 7) is 7.87. The van der Waals surface area contributed by atoms with Crippen LogP contribution in [0.1, 0.15) is 45.6 Å². The van der Waals surface area contributed by atoms with E-state index in [0.717, 1.165) is 5.56 Å². The van der Waals surface area contributed by atoms with Gasteiger partial charge in [0.1, 0.15) is 5.54 Å². The first-order valence-corrected chi connectivity index (χ1v) is 8.39. The quantitative estimate of drug-likeness (QED) is 0.843. The SMILES string of the molecule is CCOC1CC(NC(=O)C(C)c2ccsc2)(C(=O)O)C1(C)C. The van der Waals surface area contributed by atoms with Gasteiger partial charge >= 0.3 is 5.97 Å². The fraction of sp³-hybridized carbons (Fsp3) is 0.625. The van der Waals surface area contributed by atoms with E-state index >= 15 is 0 Å². The van der Waals surface area contributed by atoms with E-state index in [9.17, 15) is 14.7 Å². The molecule has 6 heteroatoms. The molecule has 5 nitrogen and oxygen atoms in total. The molecule has 1 fully saturated rings. The van der Waals surface area contributed by atoms with Crippen LogP contribution in [0.25, 0.3) is 0 Å². The average Bonchev–Trinajstić information content (AvgIpc) is 2.98. The Morgan fingerprint density at radius 3 is 2.68 bits per heavy atom. The third kappa shape index (κ3) is 2.54. The third-order valence-corrected chi connectivity index (χ3v) is 5.60. The van der Waals surface area contributed by atoms with Crippen LogP contribution in [0.3, 0.4) is 0 Å². The summed E-state index contributed by atoms with van der Waals surface area (Å²) in [7, 11) is 0. The van der Waals surface area contributed by atoms with Crippen LogP contribution in [-0.4, -0.2) is 35.2 Å². The van der Waals surface area contributed by atoms with Gasteiger partial charge in [-0.25, -0.2) is 4.79 Å². The van der Waals surface area contributed by atoms with Crippen molar-refractivity contribution in [3.63, 3.8) is 0 Å². The van der Waals surface area contributed by atoms with E-state index in [2.05, 4.69) is 5.32 Å². The molecule has 1 aliphatic rings. The first-order valence-electron chi connectivity index (χ1n) is 7.45. The molecule has 1 aromatic rings. The second kappa shape index (κ2) is 6.01. The summed E-state index contributed by atoms with van der Waals surface area (Å²) in [6, 6.07) is 1.89. The van der Waals surface area contributed by atoms with Crippen molar-refractivity contribution in [2.24, 2.45) is 5.41 Å². The number of nitrogens with one attached hydrogen (secondary N) is 1. The molecular formula is C16H23NO4S. The normalized spacial score (nSPS) is 27.7.